The van der Waals surface area contributed by atoms with Crippen molar-refractivity contribution in [3.05, 3.63) is 22.6 Å². The summed E-state index contributed by atoms with van der Waals surface area (Å²) in [6, 6.07) is 1.99. The average molecular weight is 286 g/mol. The Labute approximate surface area is 106 Å². The molecule has 0 aromatic carbocycles. The minimum atomic E-state index is 0.0127. The van der Waals surface area contributed by atoms with Gasteiger partial charge in [-0.1, -0.05) is 26.7 Å². The van der Waals surface area contributed by atoms with Gasteiger partial charge < -0.3 is 9.73 Å². The van der Waals surface area contributed by atoms with Crippen molar-refractivity contribution in [3.63, 3.8) is 0 Å². The molecule has 2 nitrogen and oxygen atoms in total. The lowest BCUT2D eigenvalue weighted by molar-refractivity contribution is 0.187. The zero-order chi connectivity index (χ0) is 11.6. The van der Waals surface area contributed by atoms with Gasteiger partial charge in [0.2, 0.25) is 0 Å². The predicted molar refractivity (Wildman–Crippen MR) is 69.4 cm³/mol. The SMILES string of the molecule is CC(C)C1(c2occc2Br)CCCCCN1. The van der Waals surface area contributed by atoms with Crippen LogP contribution in [0.1, 0.15) is 45.3 Å². The summed E-state index contributed by atoms with van der Waals surface area (Å²) in [5.41, 5.74) is 0.0127. The summed E-state index contributed by atoms with van der Waals surface area (Å²) >= 11 is 3.60. The largest absolute Gasteiger partial charge is 0.466 e. The normalized spacial score (nSPS) is 27.0. The Bertz CT molecular complexity index is 337. The van der Waals surface area contributed by atoms with Gasteiger partial charge >= 0.3 is 0 Å². The van der Waals surface area contributed by atoms with Crippen LogP contribution in [0.5, 0.6) is 0 Å². The molecule has 0 aliphatic carbocycles. The third kappa shape index (κ3) is 2.07. The number of furan rings is 1. The fraction of sp³-hybridized carbons (Fsp3) is 0.692. The first-order valence-corrected chi connectivity index (χ1v) is 6.94. The molecule has 1 fully saturated rings. The van der Waals surface area contributed by atoms with Crippen LogP contribution in [-0.4, -0.2) is 6.54 Å². The van der Waals surface area contributed by atoms with E-state index in [2.05, 4.69) is 35.1 Å². The van der Waals surface area contributed by atoms with E-state index >= 15 is 0 Å². The molecule has 1 aliphatic rings. The minimum absolute atomic E-state index is 0.0127. The van der Waals surface area contributed by atoms with Gasteiger partial charge in [0, 0.05) is 0 Å². The Kier molecular flexibility index (Phi) is 3.75. The number of hydrogen-bond acceptors (Lipinski definition) is 2. The molecular weight excluding hydrogens is 266 g/mol. The maximum Gasteiger partial charge on any atom is 0.138 e. The monoisotopic (exact) mass is 285 g/mol. The Morgan fingerprint density at radius 3 is 2.81 bits per heavy atom. The van der Waals surface area contributed by atoms with Gasteiger partial charge in [0.15, 0.2) is 0 Å². The van der Waals surface area contributed by atoms with E-state index in [1.54, 1.807) is 6.26 Å². The highest BCUT2D eigenvalue weighted by Crippen LogP contribution is 2.40. The molecular formula is C13H20BrNO. The molecule has 90 valence electrons. The highest BCUT2D eigenvalue weighted by Gasteiger charge is 2.39. The van der Waals surface area contributed by atoms with Gasteiger partial charge in [0.25, 0.3) is 0 Å². The molecule has 1 atom stereocenters. The van der Waals surface area contributed by atoms with Gasteiger partial charge in [-0.15, -0.1) is 0 Å². The molecule has 0 amide bonds. The fourth-order valence-corrected chi connectivity index (χ4v) is 3.22. The number of rotatable bonds is 2. The molecule has 0 saturated carbocycles. The molecule has 0 radical (unpaired) electrons. The molecule has 1 N–H and O–H groups in total. The summed E-state index contributed by atoms with van der Waals surface area (Å²) in [6.45, 7) is 5.63. The van der Waals surface area contributed by atoms with E-state index in [1.807, 2.05) is 6.07 Å². The van der Waals surface area contributed by atoms with Crippen LogP contribution in [0.15, 0.2) is 21.2 Å². The molecule has 1 aliphatic heterocycles. The summed E-state index contributed by atoms with van der Waals surface area (Å²) in [5, 5.41) is 3.71. The van der Waals surface area contributed by atoms with Gasteiger partial charge in [-0.3, -0.25) is 0 Å². The van der Waals surface area contributed by atoms with E-state index in [4.69, 9.17) is 4.42 Å². The van der Waals surface area contributed by atoms with Gasteiger partial charge in [0.1, 0.15) is 5.76 Å². The van der Waals surface area contributed by atoms with E-state index in [-0.39, 0.29) is 5.54 Å². The number of halogens is 1. The quantitative estimate of drug-likeness (QED) is 0.887. The first kappa shape index (κ1) is 12.2. The van der Waals surface area contributed by atoms with Crippen molar-refractivity contribution in [2.24, 2.45) is 5.92 Å². The second-order valence-corrected chi connectivity index (χ2v) is 5.82. The van der Waals surface area contributed by atoms with E-state index in [1.165, 1.54) is 19.3 Å². The first-order valence-electron chi connectivity index (χ1n) is 6.15. The Morgan fingerprint density at radius 2 is 2.19 bits per heavy atom. The maximum atomic E-state index is 5.71. The maximum absolute atomic E-state index is 5.71. The second kappa shape index (κ2) is 4.92. The van der Waals surface area contributed by atoms with Crippen LogP contribution < -0.4 is 5.32 Å². The molecule has 1 aromatic rings. The van der Waals surface area contributed by atoms with Gasteiger partial charge in [-0.25, -0.2) is 0 Å². The highest BCUT2D eigenvalue weighted by atomic mass is 79.9. The second-order valence-electron chi connectivity index (χ2n) is 4.96. The highest BCUT2D eigenvalue weighted by molar-refractivity contribution is 9.10. The number of nitrogens with one attached hydrogen (secondary N) is 1. The van der Waals surface area contributed by atoms with Crippen LogP contribution in [0.4, 0.5) is 0 Å². The molecule has 1 unspecified atom stereocenters. The third-order valence-corrected chi connectivity index (χ3v) is 4.32. The predicted octanol–water partition coefficient (Wildman–Crippen LogP) is 4.06. The van der Waals surface area contributed by atoms with E-state index < -0.39 is 0 Å². The van der Waals surface area contributed by atoms with Crippen LogP contribution in [0.2, 0.25) is 0 Å². The Hall–Kier alpha value is -0.280. The zero-order valence-corrected chi connectivity index (χ0v) is 11.6. The smallest absolute Gasteiger partial charge is 0.138 e. The van der Waals surface area contributed by atoms with Gasteiger partial charge in [0.05, 0.1) is 16.3 Å². The van der Waals surface area contributed by atoms with Crippen LogP contribution in [-0.2, 0) is 5.54 Å². The first-order chi connectivity index (χ1) is 7.67. The summed E-state index contributed by atoms with van der Waals surface area (Å²) in [5.74, 6) is 1.61. The van der Waals surface area contributed by atoms with Crippen molar-refractivity contribution in [1.82, 2.24) is 5.32 Å². The van der Waals surface area contributed by atoms with Gasteiger partial charge in [-0.2, -0.15) is 0 Å². The summed E-state index contributed by atoms with van der Waals surface area (Å²) in [7, 11) is 0. The van der Waals surface area contributed by atoms with Crippen LogP contribution in [0.25, 0.3) is 0 Å². The summed E-state index contributed by atoms with van der Waals surface area (Å²) < 4.78 is 6.81. The van der Waals surface area contributed by atoms with E-state index in [9.17, 15) is 0 Å². The Morgan fingerprint density at radius 1 is 1.38 bits per heavy atom. The van der Waals surface area contributed by atoms with E-state index in [0.29, 0.717) is 5.92 Å². The van der Waals surface area contributed by atoms with Crippen molar-refractivity contribution in [1.29, 1.82) is 0 Å². The molecule has 2 heterocycles. The molecule has 2 rings (SSSR count). The standard InChI is InChI=1S/C13H20BrNO/c1-10(2)13(7-4-3-5-8-15-13)12-11(14)6-9-16-12/h6,9-10,15H,3-5,7-8H2,1-2H3. The number of hydrogen-bond donors (Lipinski definition) is 1. The van der Waals surface area contributed by atoms with Crippen molar-refractivity contribution in [3.8, 4) is 0 Å². The topological polar surface area (TPSA) is 25.2 Å². The van der Waals surface area contributed by atoms with Crippen LogP contribution in [0, 0.1) is 5.92 Å². The van der Waals surface area contributed by atoms with Gasteiger partial charge in [-0.05, 0) is 47.3 Å². The minimum Gasteiger partial charge on any atom is -0.466 e. The van der Waals surface area contributed by atoms with E-state index in [0.717, 1.165) is 23.2 Å². The molecule has 0 bridgehead atoms. The van der Waals surface area contributed by atoms with Crippen molar-refractivity contribution in [2.45, 2.75) is 45.1 Å². The Balaban J connectivity index is 2.38. The van der Waals surface area contributed by atoms with Crippen molar-refractivity contribution in [2.75, 3.05) is 6.54 Å². The zero-order valence-electron chi connectivity index (χ0n) is 10.1. The lowest BCUT2D eigenvalue weighted by Gasteiger charge is -2.36. The third-order valence-electron chi connectivity index (χ3n) is 3.70. The van der Waals surface area contributed by atoms with Crippen LogP contribution in [0.3, 0.4) is 0 Å². The lowest BCUT2D eigenvalue weighted by atomic mass is 9.80. The van der Waals surface area contributed by atoms with Crippen molar-refractivity contribution < 1.29 is 4.42 Å². The molecule has 16 heavy (non-hydrogen) atoms. The summed E-state index contributed by atoms with van der Waals surface area (Å²) in [6.07, 6.45) is 6.80. The average Bonchev–Trinajstić information content (AvgIpc) is 2.55. The molecule has 3 heteroatoms. The van der Waals surface area contributed by atoms with Crippen molar-refractivity contribution >= 4 is 15.9 Å². The van der Waals surface area contributed by atoms with Crippen LogP contribution >= 0.6 is 15.9 Å². The lowest BCUT2D eigenvalue weighted by Crippen LogP contribution is -2.46. The molecule has 0 spiro atoms. The molecule has 1 saturated heterocycles. The summed E-state index contributed by atoms with van der Waals surface area (Å²) in [4.78, 5) is 0. The fourth-order valence-electron chi connectivity index (χ4n) is 2.67. The molecule has 1 aromatic heterocycles.